The van der Waals surface area contributed by atoms with Crippen LogP contribution in [0.2, 0.25) is 0 Å². The summed E-state index contributed by atoms with van der Waals surface area (Å²) < 4.78 is 0. The molecule has 0 saturated carbocycles. The largest absolute Gasteiger partial charge is 0.312 e. The van der Waals surface area contributed by atoms with Crippen LogP contribution >= 0.6 is 0 Å². The lowest BCUT2D eigenvalue weighted by molar-refractivity contribution is -0.123. The molecule has 0 radical (unpaired) electrons. The molecule has 22 heavy (non-hydrogen) atoms. The fraction of sp³-hybridized carbons (Fsp3) is 0.526. The summed E-state index contributed by atoms with van der Waals surface area (Å²) in [6.07, 6.45) is 7.27. The minimum atomic E-state index is 0.210. The van der Waals surface area contributed by atoms with Crippen LogP contribution in [-0.2, 0) is 11.2 Å². The molecule has 0 aromatic heterocycles. The number of nitrogens with zero attached hydrogens (tertiary/aromatic N) is 2. The summed E-state index contributed by atoms with van der Waals surface area (Å²) in [7, 11) is 0. The van der Waals surface area contributed by atoms with E-state index >= 15 is 0 Å². The number of anilines is 1. The van der Waals surface area contributed by atoms with Crippen molar-refractivity contribution in [1.29, 1.82) is 0 Å². The fourth-order valence-corrected chi connectivity index (χ4v) is 3.65. The highest BCUT2D eigenvalue weighted by Crippen LogP contribution is 2.30. The number of fused-ring (bicyclic) bond motifs is 1. The zero-order valence-electron chi connectivity index (χ0n) is 13.3. The van der Waals surface area contributed by atoms with Gasteiger partial charge in [0.1, 0.15) is 0 Å². The molecule has 1 aromatic carbocycles. The number of rotatable bonds is 5. The maximum atomic E-state index is 12.8. The lowest BCUT2D eigenvalue weighted by Gasteiger charge is -2.33. The first-order valence-electron chi connectivity index (χ1n) is 8.52. The quantitative estimate of drug-likeness (QED) is 0.615. The molecule has 0 atom stereocenters. The summed E-state index contributed by atoms with van der Waals surface area (Å²) in [4.78, 5) is 17.3. The minimum absolute atomic E-state index is 0.210. The molecule has 0 aliphatic carbocycles. The number of amides is 1. The Morgan fingerprint density at radius 3 is 2.77 bits per heavy atom. The number of benzene rings is 1. The third kappa shape index (κ3) is 3.25. The molecule has 2 aliphatic heterocycles. The highest BCUT2D eigenvalue weighted by molar-refractivity contribution is 5.97. The number of unbranched alkanes of at least 4 members (excludes halogenated alkanes) is 1. The summed E-state index contributed by atoms with van der Waals surface area (Å²) in [6, 6.07) is 8.33. The van der Waals surface area contributed by atoms with Crippen LogP contribution in [0.5, 0.6) is 0 Å². The molecule has 0 N–H and O–H groups in total. The number of hydrogen-bond donors (Lipinski definition) is 0. The average Bonchev–Trinajstić information content (AvgIpc) is 2.99. The van der Waals surface area contributed by atoms with Crippen LogP contribution in [0.15, 0.2) is 36.9 Å². The second kappa shape index (κ2) is 7.10. The van der Waals surface area contributed by atoms with Gasteiger partial charge < -0.3 is 9.80 Å². The molecule has 0 spiro atoms. The second-order valence-corrected chi connectivity index (χ2v) is 6.42. The molecule has 1 amide bonds. The Balaban J connectivity index is 1.54. The van der Waals surface area contributed by atoms with Gasteiger partial charge in [-0.2, -0.15) is 0 Å². The van der Waals surface area contributed by atoms with Gasteiger partial charge in [-0.25, -0.2) is 0 Å². The van der Waals surface area contributed by atoms with Gasteiger partial charge in [0.2, 0.25) is 5.91 Å². The Labute approximate surface area is 133 Å². The highest BCUT2D eigenvalue weighted by atomic mass is 16.2. The monoisotopic (exact) mass is 298 g/mol. The lowest BCUT2D eigenvalue weighted by Crippen LogP contribution is -2.42. The number of carbonyl (C=O) groups excluding carboxylic acids is 1. The number of likely N-dealkylation sites (tertiary alicyclic amines) is 1. The Morgan fingerprint density at radius 2 is 2.00 bits per heavy atom. The van der Waals surface area contributed by atoms with Crippen molar-refractivity contribution in [2.75, 3.05) is 31.1 Å². The first-order chi connectivity index (χ1) is 10.8. The van der Waals surface area contributed by atoms with Gasteiger partial charge in [-0.05, 0) is 63.4 Å². The van der Waals surface area contributed by atoms with Crippen molar-refractivity contribution in [3.8, 4) is 0 Å². The molecule has 1 saturated heterocycles. The van der Waals surface area contributed by atoms with Gasteiger partial charge in [-0.1, -0.05) is 24.3 Å². The molecule has 3 rings (SSSR count). The smallest absolute Gasteiger partial charge is 0.230 e. The van der Waals surface area contributed by atoms with Crippen molar-refractivity contribution in [2.45, 2.75) is 32.1 Å². The predicted octanol–water partition coefficient (Wildman–Crippen LogP) is 3.25. The minimum Gasteiger partial charge on any atom is -0.312 e. The second-order valence-electron chi connectivity index (χ2n) is 6.42. The van der Waals surface area contributed by atoms with Crippen LogP contribution in [0.1, 0.15) is 31.2 Å². The summed E-state index contributed by atoms with van der Waals surface area (Å²) in [5, 5.41) is 0. The van der Waals surface area contributed by atoms with Crippen molar-refractivity contribution in [1.82, 2.24) is 4.90 Å². The van der Waals surface area contributed by atoms with Gasteiger partial charge in [0.25, 0.3) is 0 Å². The molecule has 2 heterocycles. The number of allylic oxidation sites excluding steroid dienone is 1. The third-order valence-electron chi connectivity index (χ3n) is 4.97. The van der Waals surface area contributed by atoms with Crippen LogP contribution in [0, 0.1) is 5.92 Å². The number of carbonyl (C=O) groups is 1. The molecule has 2 aliphatic rings. The zero-order chi connectivity index (χ0) is 15.4. The molecule has 3 nitrogen and oxygen atoms in total. The SMILES string of the molecule is C=CCCCN1CCC(C(=O)N2CCc3ccccc32)CC1. The van der Waals surface area contributed by atoms with Gasteiger partial charge >= 0.3 is 0 Å². The van der Waals surface area contributed by atoms with Crippen LogP contribution in [0.25, 0.3) is 0 Å². The molecule has 1 aromatic rings. The average molecular weight is 298 g/mol. The van der Waals surface area contributed by atoms with Gasteiger partial charge in [0.05, 0.1) is 0 Å². The number of para-hydroxylation sites is 1. The number of hydrogen-bond acceptors (Lipinski definition) is 2. The van der Waals surface area contributed by atoms with E-state index in [-0.39, 0.29) is 5.92 Å². The molecule has 0 unspecified atom stereocenters. The van der Waals surface area contributed by atoms with Gasteiger partial charge in [0, 0.05) is 18.2 Å². The number of piperidine rings is 1. The van der Waals surface area contributed by atoms with Crippen LogP contribution in [0.4, 0.5) is 5.69 Å². The normalized spacial score (nSPS) is 19.2. The van der Waals surface area contributed by atoms with Crippen LogP contribution < -0.4 is 4.90 Å². The van der Waals surface area contributed by atoms with E-state index in [0.29, 0.717) is 5.91 Å². The van der Waals surface area contributed by atoms with E-state index in [4.69, 9.17) is 0 Å². The van der Waals surface area contributed by atoms with Crippen molar-refractivity contribution in [3.05, 3.63) is 42.5 Å². The Morgan fingerprint density at radius 1 is 1.23 bits per heavy atom. The van der Waals surface area contributed by atoms with E-state index in [2.05, 4.69) is 29.7 Å². The molecule has 3 heteroatoms. The lowest BCUT2D eigenvalue weighted by atomic mass is 9.95. The van der Waals surface area contributed by atoms with Crippen LogP contribution in [-0.4, -0.2) is 37.0 Å². The Hall–Kier alpha value is -1.61. The maximum absolute atomic E-state index is 12.8. The molecular formula is C19H26N2O. The Bertz CT molecular complexity index is 532. The first kappa shape index (κ1) is 15.3. The van der Waals surface area contributed by atoms with E-state index in [0.717, 1.165) is 57.5 Å². The summed E-state index contributed by atoms with van der Waals surface area (Å²) in [6.45, 7) is 7.89. The van der Waals surface area contributed by atoms with Crippen molar-refractivity contribution in [2.24, 2.45) is 5.92 Å². The van der Waals surface area contributed by atoms with Gasteiger partial charge in [0.15, 0.2) is 0 Å². The maximum Gasteiger partial charge on any atom is 0.230 e. The summed E-state index contributed by atoms with van der Waals surface area (Å²) in [5.41, 5.74) is 2.46. The van der Waals surface area contributed by atoms with E-state index in [1.54, 1.807) is 0 Å². The molecular weight excluding hydrogens is 272 g/mol. The van der Waals surface area contributed by atoms with Crippen LogP contribution in [0.3, 0.4) is 0 Å². The summed E-state index contributed by atoms with van der Waals surface area (Å²) >= 11 is 0. The van der Waals surface area contributed by atoms with Crippen molar-refractivity contribution in [3.63, 3.8) is 0 Å². The molecule has 1 fully saturated rings. The fourth-order valence-electron chi connectivity index (χ4n) is 3.65. The molecule has 0 bridgehead atoms. The van der Waals surface area contributed by atoms with Crippen molar-refractivity contribution < 1.29 is 4.79 Å². The van der Waals surface area contributed by atoms with Gasteiger partial charge in [-0.3, -0.25) is 4.79 Å². The first-order valence-corrected chi connectivity index (χ1v) is 8.52. The zero-order valence-corrected chi connectivity index (χ0v) is 13.3. The predicted molar refractivity (Wildman–Crippen MR) is 91.1 cm³/mol. The van der Waals surface area contributed by atoms with E-state index in [1.165, 1.54) is 12.0 Å². The van der Waals surface area contributed by atoms with E-state index < -0.39 is 0 Å². The topological polar surface area (TPSA) is 23.6 Å². The van der Waals surface area contributed by atoms with Gasteiger partial charge in [-0.15, -0.1) is 6.58 Å². The highest BCUT2D eigenvalue weighted by Gasteiger charge is 2.32. The van der Waals surface area contributed by atoms with E-state index in [9.17, 15) is 4.79 Å². The third-order valence-corrected chi connectivity index (χ3v) is 4.97. The van der Waals surface area contributed by atoms with E-state index in [1.807, 2.05) is 17.0 Å². The standard InChI is InChI=1S/C19H26N2O/c1-2-3-6-12-20-13-9-17(10-14-20)19(22)21-15-11-16-7-4-5-8-18(16)21/h2,4-5,7-8,17H,1,3,6,9-15H2. The summed E-state index contributed by atoms with van der Waals surface area (Å²) in [5.74, 6) is 0.553. The Kier molecular flexibility index (Phi) is 4.94. The molecule has 118 valence electrons. The van der Waals surface area contributed by atoms with Crippen molar-refractivity contribution >= 4 is 11.6 Å².